The van der Waals surface area contributed by atoms with Gasteiger partial charge in [-0.25, -0.2) is 0 Å². The number of para-hydroxylation sites is 2. The predicted molar refractivity (Wildman–Crippen MR) is 57.7 cm³/mol. The second-order valence-corrected chi connectivity index (χ2v) is 3.09. The Labute approximate surface area is 85.4 Å². The predicted octanol–water partition coefficient (Wildman–Crippen LogP) is 3.79. The molecule has 0 spiro atoms. The van der Waals surface area contributed by atoms with Crippen molar-refractivity contribution in [1.82, 2.24) is 0 Å². The topological polar surface area (TPSA) is 9.23 Å². The van der Waals surface area contributed by atoms with Gasteiger partial charge in [0.2, 0.25) is 0 Å². The molecule has 0 fully saturated rings. The van der Waals surface area contributed by atoms with E-state index >= 15 is 0 Å². The van der Waals surface area contributed by atoms with E-state index < -0.39 is 0 Å². The summed E-state index contributed by atoms with van der Waals surface area (Å²) >= 11 is 0. The summed E-state index contributed by atoms with van der Waals surface area (Å²) in [5, 5.41) is 0. The molecule has 0 aromatic heterocycles. The van der Waals surface area contributed by atoms with E-state index in [9.17, 15) is 0 Å². The Morgan fingerprint density at radius 3 is 2.57 bits per heavy atom. The summed E-state index contributed by atoms with van der Waals surface area (Å²) in [6.45, 7) is 1.99. The maximum absolute atomic E-state index is 7.67. The van der Waals surface area contributed by atoms with Gasteiger partial charge >= 0.3 is 0 Å². The molecule has 70 valence electrons. The zero-order valence-corrected chi connectivity index (χ0v) is 8.03. The summed E-state index contributed by atoms with van der Waals surface area (Å²) in [6, 6.07) is 15.4. The SMILES string of the molecule is [2H]c1ccccc1Oc1ccccc1C. The van der Waals surface area contributed by atoms with Crippen LogP contribution in [0, 0.1) is 6.92 Å². The van der Waals surface area contributed by atoms with Crippen molar-refractivity contribution in [2.75, 3.05) is 0 Å². The Balaban J connectivity index is 2.30. The summed E-state index contributed by atoms with van der Waals surface area (Å²) < 4.78 is 13.3. The van der Waals surface area contributed by atoms with Crippen molar-refractivity contribution in [2.24, 2.45) is 0 Å². The first kappa shape index (κ1) is 7.63. The van der Waals surface area contributed by atoms with Gasteiger partial charge in [0, 0.05) is 0 Å². The molecule has 0 heterocycles. The molecule has 0 bridgehead atoms. The van der Waals surface area contributed by atoms with Crippen molar-refractivity contribution < 1.29 is 6.11 Å². The number of ether oxygens (including phenoxy) is 1. The van der Waals surface area contributed by atoms with Gasteiger partial charge in [-0.2, -0.15) is 0 Å². The zero-order chi connectivity index (χ0) is 10.7. The Morgan fingerprint density at radius 1 is 1.00 bits per heavy atom. The van der Waals surface area contributed by atoms with Gasteiger partial charge in [-0.15, -0.1) is 0 Å². The van der Waals surface area contributed by atoms with Crippen LogP contribution in [0.15, 0.2) is 54.6 Å². The van der Waals surface area contributed by atoms with E-state index in [1.807, 2.05) is 43.3 Å². The molecule has 2 aromatic carbocycles. The Kier molecular flexibility index (Phi) is 2.16. The van der Waals surface area contributed by atoms with Gasteiger partial charge < -0.3 is 4.74 Å². The van der Waals surface area contributed by atoms with Gasteiger partial charge in [0.1, 0.15) is 11.5 Å². The Morgan fingerprint density at radius 2 is 1.79 bits per heavy atom. The first-order chi connectivity index (χ1) is 7.27. The molecule has 0 aliphatic heterocycles. The molecule has 2 aromatic rings. The van der Waals surface area contributed by atoms with Gasteiger partial charge in [0.05, 0.1) is 1.37 Å². The summed E-state index contributed by atoms with van der Waals surface area (Å²) in [7, 11) is 0. The molecule has 0 N–H and O–H groups in total. The lowest BCUT2D eigenvalue weighted by Crippen LogP contribution is -1.85. The lowest BCUT2D eigenvalue weighted by atomic mass is 10.2. The number of hydrogen-bond acceptors (Lipinski definition) is 1. The number of benzene rings is 2. The second kappa shape index (κ2) is 3.97. The molecule has 0 unspecified atom stereocenters. The highest BCUT2D eigenvalue weighted by molar-refractivity contribution is 5.36. The van der Waals surface area contributed by atoms with Crippen LogP contribution in [0.4, 0.5) is 0 Å². The highest BCUT2D eigenvalue weighted by Crippen LogP contribution is 2.23. The lowest BCUT2D eigenvalue weighted by molar-refractivity contribution is 0.479. The van der Waals surface area contributed by atoms with E-state index in [2.05, 4.69) is 0 Å². The molecule has 14 heavy (non-hydrogen) atoms. The van der Waals surface area contributed by atoms with Crippen molar-refractivity contribution in [3.05, 3.63) is 60.1 Å². The third-order valence-electron chi connectivity index (χ3n) is 1.99. The molecule has 0 aliphatic carbocycles. The van der Waals surface area contributed by atoms with Crippen LogP contribution < -0.4 is 4.74 Å². The molecular formula is C13H12O. The largest absolute Gasteiger partial charge is 0.457 e. The van der Waals surface area contributed by atoms with E-state index in [4.69, 9.17) is 6.11 Å². The highest BCUT2D eigenvalue weighted by atomic mass is 16.5. The van der Waals surface area contributed by atoms with Gasteiger partial charge in [-0.1, -0.05) is 36.4 Å². The fourth-order valence-corrected chi connectivity index (χ4v) is 1.23. The number of aryl methyl sites for hydroxylation is 1. The van der Waals surface area contributed by atoms with Crippen LogP contribution in [0.1, 0.15) is 6.93 Å². The minimum atomic E-state index is 0.403. The molecule has 0 atom stereocenters. The van der Waals surface area contributed by atoms with Gasteiger partial charge in [-0.3, -0.25) is 0 Å². The maximum Gasteiger partial charge on any atom is 0.130 e. The summed E-state index contributed by atoms with van der Waals surface area (Å²) in [4.78, 5) is 0. The monoisotopic (exact) mass is 185 g/mol. The standard InChI is InChI=1S/C13H12O/c1-11-7-5-6-10-13(11)14-12-8-3-2-4-9-12/h2-10H,1H3/i8D. The average Bonchev–Trinajstić information content (AvgIpc) is 2.24. The lowest BCUT2D eigenvalue weighted by Gasteiger charge is -2.07. The van der Waals surface area contributed by atoms with Crippen LogP contribution in [-0.4, -0.2) is 0 Å². The quantitative estimate of drug-likeness (QED) is 0.691. The first-order valence-electron chi connectivity index (χ1n) is 5.06. The van der Waals surface area contributed by atoms with E-state index in [1.165, 1.54) is 0 Å². The summed E-state index contributed by atoms with van der Waals surface area (Å²) in [5.74, 6) is 1.39. The third kappa shape index (κ3) is 1.94. The van der Waals surface area contributed by atoms with Crippen LogP contribution in [0.5, 0.6) is 11.5 Å². The minimum Gasteiger partial charge on any atom is -0.457 e. The number of hydrogen-bond donors (Lipinski definition) is 0. The van der Waals surface area contributed by atoms with E-state index in [0.717, 1.165) is 11.3 Å². The smallest absolute Gasteiger partial charge is 0.130 e. The van der Waals surface area contributed by atoms with Crippen LogP contribution in [0.2, 0.25) is 0 Å². The van der Waals surface area contributed by atoms with E-state index in [0.29, 0.717) is 11.8 Å². The van der Waals surface area contributed by atoms with Crippen molar-refractivity contribution >= 4 is 0 Å². The van der Waals surface area contributed by atoms with Crippen molar-refractivity contribution in [3.8, 4) is 11.5 Å². The normalized spacial score (nSPS) is 10.8. The highest BCUT2D eigenvalue weighted by Gasteiger charge is 1.98. The Bertz CT molecular complexity index is 422. The molecule has 0 amide bonds. The van der Waals surface area contributed by atoms with E-state index in [1.54, 1.807) is 12.1 Å². The Hall–Kier alpha value is -1.76. The van der Waals surface area contributed by atoms with Gasteiger partial charge in [-0.05, 0) is 30.7 Å². The fraction of sp³-hybridized carbons (Fsp3) is 0.0769. The van der Waals surface area contributed by atoms with Crippen molar-refractivity contribution in [1.29, 1.82) is 0 Å². The van der Waals surface area contributed by atoms with Gasteiger partial charge in [0.15, 0.2) is 0 Å². The molecule has 1 heteroatoms. The van der Waals surface area contributed by atoms with Crippen LogP contribution >= 0.6 is 0 Å². The fourth-order valence-electron chi connectivity index (χ4n) is 1.23. The maximum atomic E-state index is 7.67. The first-order valence-corrected chi connectivity index (χ1v) is 4.56. The van der Waals surface area contributed by atoms with Crippen molar-refractivity contribution in [3.63, 3.8) is 0 Å². The molecule has 0 radical (unpaired) electrons. The van der Waals surface area contributed by atoms with Crippen LogP contribution in [0.25, 0.3) is 0 Å². The van der Waals surface area contributed by atoms with E-state index in [-0.39, 0.29) is 0 Å². The van der Waals surface area contributed by atoms with Crippen LogP contribution in [0.3, 0.4) is 0 Å². The van der Waals surface area contributed by atoms with Crippen molar-refractivity contribution in [2.45, 2.75) is 6.92 Å². The molecule has 2 rings (SSSR count). The van der Waals surface area contributed by atoms with Crippen LogP contribution in [-0.2, 0) is 0 Å². The number of rotatable bonds is 2. The molecular weight excluding hydrogens is 172 g/mol. The van der Waals surface area contributed by atoms with Gasteiger partial charge in [0.25, 0.3) is 0 Å². The zero-order valence-electron chi connectivity index (χ0n) is 9.03. The second-order valence-electron chi connectivity index (χ2n) is 3.09. The summed E-state index contributed by atoms with van der Waals surface area (Å²) in [6.07, 6.45) is 0. The molecule has 0 saturated heterocycles. The summed E-state index contributed by atoms with van der Waals surface area (Å²) in [5.41, 5.74) is 1.07. The third-order valence-corrected chi connectivity index (χ3v) is 1.99. The average molecular weight is 185 g/mol. The molecule has 0 saturated carbocycles. The molecule has 0 aliphatic rings. The molecule has 1 nitrogen and oxygen atoms in total. The minimum absolute atomic E-state index is 0.403.